The zero-order chi connectivity index (χ0) is 15.4. The van der Waals surface area contributed by atoms with Crippen LogP contribution in [0.5, 0.6) is 0 Å². The Morgan fingerprint density at radius 1 is 1.29 bits per heavy atom. The molecule has 0 aliphatic rings. The summed E-state index contributed by atoms with van der Waals surface area (Å²) in [6.07, 6.45) is 0. The number of carbonyl (C=O) groups is 1. The molecule has 0 fully saturated rings. The minimum atomic E-state index is -0.556. The van der Waals surface area contributed by atoms with Crippen LogP contribution in [-0.2, 0) is 9.63 Å². The summed E-state index contributed by atoms with van der Waals surface area (Å²) >= 11 is 0. The van der Waals surface area contributed by atoms with Crippen LogP contribution in [0, 0.1) is 5.92 Å². The van der Waals surface area contributed by atoms with Gasteiger partial charge in [-0.3, -0.25) is 9.63 Å². The standard InChI is InChI=1S/C14H19N5O2/c1-10(2)12(14(20)18(3)21-4)19-16-13(15-17-19)11-8-6-5-7-9-11/h5-10,12H,1-4H3. The second-order valence-corrected chi connectivity index (χ2v) is 5.01. The Morgan fingerprint density at radius 3 is 2.52 bits per heavy atom. The zero-order valence-corrected chi connectivity index (χ0v) is 12.6. The predicted molar refractivity (Wildman–Crippen MR) is 76.9 cm³/mol. The van der Waals surface area contributed by atoms with Crippen molar-refractivity contribution in [1.29, 1.82) is 0 Å². The minimum absolute atomic E-state index is 0.00734. The first-order chi connectivity index (χ1) is 10.0. The van der Waals surface area contributed by atoms with Crippen LogP contribution in [0.25, 0.3) is 11.4 Å². The highest BCUT2D eigenvalue weighted by molar-refractivity contribution is 5.79. The van der Waals surface area contributed by atoms with Crippen LogP contribution in [0.2, 0.25) is 0 Å². The Hall–Kier alpha value is -2.28. The van der Waals surface area contributed by atoms with Crippen molar-refractivity contribution in [2.75, 3.05) is 14.2 Å². The average Bonchev–Trinajstić information content (AvgIpc) is 2.96. The second kappa shape index (κ2) is 6.45. The Balaban J connectivity index is 2.31. The molecule has 1 heterocycles. The van der Waals surface area contributed by atoms with E-state index in [1.165, 1.54) is 17.0 Å². The third-order valence-corrected chi connectivity index (χ3v) is 3.18. The molecule has 1 aromatic carbocycles. The van der Waals surface area contributed by atoms with Crippen molar-refractivity contribution in [2.45, 2.75) is 19.9 Å². The highest BCUT2D eigenvalue weighted by Gasteiger charge is 2.30. The van der Waals surface area contributed by atoms with Gasteiger partial charge in [-0.1, -0.05) is 44.2 Å². The summed E-state index contributed by atoms with van der Waals surface area (Å²) in [5, 5.41) is 13.6. The number of rotatable bonds is 5. The fourth-order valence-corrected chi connectivity index (χ4v) is 1.97. The summed E-state index contributed by atoms with van der Waals surface area (Å²) in [5.41, 5.74) is 0.860. The van der Waals surface area contributed by atoms with E-state index in [1.807, 2.05) is 44.2 Å². The van der Waals surface area contributed by atoms with Gasteiger partial charge in [0, 0.05) is 12.6 Å². The number of hydrogen-bond acceptors (Lipinski definition) is 5. The maximum absolute atomic E-state index is 12.3. The molecular formula is C14H19N5O2. The molecule has 0 N–H and O–H groups in total. The van der Waals surface area contributed by atoms with Gasteiger partial charge in [-0.05, 0) is 11.1 Å². The van der Waals surface area contributed by atoms with E-state index in [1.54, 1.807) is 7.05 Å². The molecule has 21 heavy (non-hydrogen) atoms. The lowest BCUT2D eigenvalue weighted by Crippen LogP contribution is -2.37. The van der Waals surface area contributed by atoms with E-state index in [0.717, 1.165) is 5.56 Å². The molecule has 1 aromatic heterocycles. The van der Waals surface area contributed by atoms with E-state index in [0.29, 0.717) is 5.82 Å². The van der Waals surface area contributed by atoms with Crippen LogP contribution < -0.4 is 0 Å². The molecule has 0 radical (unpaired) electrons. The second-order valence-electron chi connectivity index (χ2n) is 5.01. The van der Waals surface area contributed by atoms with Gasteiger partial charge < -0.3 is 0 Å². The van der Waals surface area contributed by atoms with Gasteiger partial charge in [0.1, 0.15) is 0 Å². The molecule has 7 heteroatoms. The fraction of sp³-hybridized carbons (Fsp3) is 0.429. The Labute approximate surface area is 123 Å². The summed E-state index contributed by atoms with van der Waals surface area (Å²) in [5.74, 6) is 0.284. The molecule has 0 aliphatic carbocycles. The number of nitrogens with zero attached hydrogens (tertiary/aromatic N) is 5. The fourth-order valence-electron chi connectivity index (χ4n) is 1.97. The Morgan fingerprint density at radius 2 is 1.95 bits per heavy atom. The van der Waals surface area contributed by atoms with E-state index < -0.39 is 6.04 Å². The molecular weight excluding hydrogens is 270 g/mol. The highest BCUT2D eigenvalue weighted by Crippen LogP contribution is 2.20. The van der Waals surface area contributed by atoms with Gasteiger partial charge >= 0.3 is 0 Å². The van der Waals surface area contributed by atoms with Crippen molar-refractivity contribution < 1.29 is 9.63 Å². The van der Waals surface area contributed by atoms with Crippen molar-refractivity contribution in [3.63, 3.8) is 0 Å². The molecule has 7 nitrogen and oxygen atoms in total. The van der Waals surface area contributed by atoms with Crippen LogP contribution in [0.15, 0.2) is 30.3 Å². The molecule has 2 rings (SSSR count). The monoisotopic (exact) mass is 289 g/mol. The topological polar surface area (TPSA) is 73.1 Å². The molecule has 0 bridgehead atoms. The van der Waals surface area contributed by atoms with Crippen LogP contribution in [0.4, 0.5) is 0 Å². The van der Waals surface area contributed by atoms with Crippen molar-refractivity contribution >= 4 is 5.91 Å². The summed E-state index contributed by atoms with van der Waals surface area (Å²) in [6.45, 7) is 3.86. The molecule has 1 atom stereocenters. The lowest BCUT2D eigenvalue weighted by Gasteiger charge is -2.23. The molecule has 1 amide bonds. The highest BCUT2D eigenvalue weighted by atomic mass is 16.7. The Bertz CT molecular complexity index is 596. The maximum Gasteiger partial charge on any atom is 0.272 e. The number of hydroxylamine groups is 2. The van der Waals surface area contributed by atoms with Gasteiger partial charge in [0.05, 0.1) is 7.11 Å². The molecule has 2 aromatic rings. The summed E-state index contributed by atoms with van der Waals surface area (Å²) in [4.78, 5) is 18.6. The first-order valence-corrected chi connectivity index (χ1v) is 6.71. The molecule has 112 valence electrons. The largest absolute Gasteiger partial charge is 0.274 e. The van der Waals surface area contributed by atoms with Crippen molar-refractivity contribution in [3.05, 3.63) is 30.3 Å². The number of benzene rings is 1. The van der Waals surface area contributed by atoms with Gasteiger partial charge in [-0.2, -0.15) is 4.80 Å². The molecule has 0 saturated carbocycles. The first-order valence-electron chi connectivity index (χ1n) is 6.71. The number of aromatic nitrogens is 4. The summed E-state index contributed by atoms with van der Waals surface area (Å²) in [7, 11) is 3.01. The van der Waals surface area contributed by atoms with Crippen LogP contribution in [-0.4, -0.2) is 45.3 Å². The lowest BCUT2D eigenvalue weighted by molar-refractivity contribution is -0.174. The van der Waals surface area contributed by atoms with Gasteiger partial charge in [-0.25, -0.2) is 5.06 Å². The summed E-state index contributed by atoms with van der Waals surface area (Å²) in [6, 6.07) is 8.96. The smallest absolute Gasteiger partial charge is 0.272 e. The van der Waals surface area contributed by atoms with E-state index in [4.69, 9.17) is 4.84 Å². The van der Waals surface area contributed by atoms with Crippen LogP contribution in [0.1, 0.15) is 19.9 Å². The third-order valence-electron chi connectivity index (χ3n) is 3.18. The third kappa shape index (κ3) is 3.25. The van der Waals surface area contributed by atoms with Gasteiger partial charge in [0.15, 0.2) is 6.04 Å². The lowest BCUT2D eigenvalue weighted by atomic mass is 10.0. The van der Waals surface area contributed by atoms with E-state index >= 15 is 0 Å². The SMILES string of the molecule is CON(C)C(=O)C(C(C)C)n1nnc(-c2ccccc2)n1. The van der Waals surface area contributed by atoms with Crippen molar-refractivity contribution in [2.24, 2.45) is 5.92 Å². The zero-order valence-electron chi connectivity index (χ0n) is 12.6. The molecule has 0 saturated heterocycles. The van der Waals surface area contributed by atoms with Crippen molar-refractivity contribution in [3.8, 4) is 11.4 Å². The van der Waals surface area contributed by atoms with E-state index in [-0.39, 0.29) is 11.8 Å². The number of amides is 1. The van der Waals surface area contributed by atoms with Crippen molar-refractivity contribution in [1.82, 2.24) is 25.3 Å². The molecule has 0 spiro atoms. The quantitative estimate of drug-likeness (QED) is 0.781. The van der Waals surface area contributed by atoms with E-state index in [2.05, 4.69) is 15.4 Å². The Kier molecular flexibility index (Phi) is 4.64. The average molecular weight is 289 g/mol. The number of hydrogen-bond donors (Lipinski definition) is 0. The normalized spacial score (nSPS) is 12.4. The van der Waals surface area contributed by atoms with Crippen LogP contribution >= 0.6 is 0 Å². The summed E-state index contributed by atoms with van der Waals surface area (Å²) < 4.78 is 0. The molecule has 1 unspecified atom stereocenters. The predicted octanol–water partition coefficient (Wildman–Crippen LogP) is 1.56. The van der Waals surface area contributed by atoms with Gasteiger partial charge in [0.25, 0.3) is 5.91 Å². The molecule has 0 aliphatic heterocycles. The number of likely N-dealkylation sites (N-methyl/N-ethyl adjacent to an activating group) is 1. The maximum atomic E-state index is 12.3. The van der Waals surface area contributed by atoms with Gasteiger partial charge in [0.2, 0.25) is 5.82 Å². The number of carbonyl (C=O) groups excluding carboxylic acids is 1. The minimum Gasteiger partial charge on any atom is -0.274 e. The van der Waals surface area contributed by atoms with Gasteiger partial charge in [-0.15, -0.1) is 10.2 Å². The first kappa shape index (κ1) is 15.1. The van der Waals surface area contributed by atoms with E-state index in [9.17, 15) is 4.79 Å². The van der Waals surface area contributed by atoms with Crippen LogP contribution in [0.3, 0.4) is 0 Å². The number of tetrazole rings is 1.